The smallest absolute Gasteiger partial charge is 0.407 e. The van der Waals surface area contributed by atoms with E-state index in [1.165, 1.54) is 0 Å². The molecular formula is C14H24N2O5S. The van der Waals surface area contributed by atoms with Crippen LogP contribution in [0.3, 0.4) is 0 Å². The number of carboxylic acid groups (broad SMARTS) is 1. The summed E-state index contributed by atoms with van der Waals surface area (Å²) in [6.07, 6.45) is 0.915. The van der Waals surface area contributed by atoms with Crippen LogP contribution < -0.4 is 5.32 Å². The van der Waals surface area contributed by atoms with Gasteiger partial charge >= 0.3 is 12.1 Å². The van der Waals surface area contributed by atoms with Gasteiger partial charge in [-0.2, -0.15) is 0 Å². The third kappa shape index (κ3) is 7.53. The molecule has 7 nitrogen and oxygen atoms in total. The van der Waals surface area contributed by atoms with Crippen molar-refractivity contribution in [1.82, 2.24) is 10.2 Å². The van der Waals surface area contributed by atoms with Gasteiger partial charge in [-0.3, -0.25) is 9.59 Å². The number of likely N-dealkylation sites (tertiary alicyclic amines) is 1. The number of hydrogen-bond donors (Lipinski definition) is 2. The summed E-state index contributed by atoms with van der Waals surface area (Å²) in [5, 5.41) is 11.3. The summed E-state index contributed by atoms with van der Waals surface area (Å²) in [5.74, 6) is -0.862. The lowest BCUT2D eigenvalue weighted by Crippen LogP contribution is -2.48. The fourth-order valence-corrected chi connectivity index (χ4v) is 2.70. The van der Waals surface area contributed by atoms with Crippen LogP contribution in [-0.2, 0) is 14.3 Å². The van der Waals surface area contributed by atoms with Crippen LogP contribution in [0.1, 0.15) is 33.6 Å². The second kappa shape index (κ2) is 8.26. The highest BCUT2D eigenvalue weighted by molar-refractivity contribution is 8.00. The molecule has 2 amide bonds. The van der Waals surface area contributed by atoms with Gasteiger partial charge in [0, 0.05) is 19.1 Å². The number of carbonyl (C=O) groups excluding carboxylic acids is 2. The van der Waals surface area contributed by atoms with Crippen molar-refractivity contribution in [3.63, 3.8) is 0 Å². The number of ether oxygens (including phenoxy) is 1. The molecule has 1 saturated heterocycles. The Hall–Kier alpha value is -1.44. The van der Waals surface area contributed by atoms with E-state index in [0.717, 1.165) is 11.8 Å². The number of nitrogens with one attached hydrogen (secondary N) is 1. The van der Waals surface area contributed by atoms with E-state index < -0.39 is 17.7 Å². The summed E-state index contributed by atoms with van der Waals surface area (Å²) in [6.45, 7) is 6.55. The van der Waals surface area contributed by atoms with Gasteiger partial charge in [0.1, 0.15) is 5.60 Å². The number of amides is 2. The first-order valence-corrected chi connectivity index (χ1v) is 8.39. The average molecular weight is 332 g/mol. The summed E-state index contributed by atoms with van der Waals surface area (Å²) in [5.41, 5.74) is -0.526. The summed E-state index contributed by atoms with van der Waals surface area (Å²) < 4.78 is 5.20. The second-order valence-corrected chi connectivity index (χ2v) is 7.17. The summed E-state index contributed by atoms with van der Waals surface area (Å²) in [7, 11) is 0. The number of carbonyl (C=O) groups is 3. The molecule has 1 aliphatic rings. The summed E-state index contributed by atoms with van der Waals surface area (Å²) in [4.78, 5) is 35.7. The predicted octanol–water partition coefficient (Wildman–Crippen LogP) is 1.32. The minimum atomic E-state index is -0.918. The van der Waals surface area contributed by atoms with Gasteiger partial charge in [0.25, 0.3) is 0 Å². The average Bonchev–Trinajstić information content (AvgIpc) is 2.36. The van der Waals surface area contributed by atoms with Crippen molar-refractivity contribution in [3.05, 3.63) is 0 Å². The van der Waals surface area contributed by atoms with Crippen LogP contribution in [0.5, 0.6) is 0 Å². The fourth-order valence-electron chi connectivity index (χ4n) is 2.06. The molecule has 1 fully saturated rings. The first-order valence-electron chi connectivity index (χ1n) is 7.24. The van der Waals surface area contributed by atoms with Crippen molar-refractivity contribution < 1.29 is 24.2 Å². The van der Waals surface area contributed by atoms with Gasteiger partial charge in [-0.1, -0.05) is 0 Å². The zero-order valence-corrected chi connectivity index (χ0v) is 14.1. The Morgan fingerprint density at radius 2 is 1.82 bits per heavy atom. The highest BCUT2D eigenvalue weighted by atomic mass is 32.2. The normalized spacial score (nSPS) is 16.2. The van der Waals surface area contributed by atoms with Crippen LogP contribution in [0, 0.1) is 0 Å². The van der Waals surface area contributed by atoms with Crippen LogP contribution in [0.4, 0.5) is 4.79 Å². The molecule has 22 heavy (non-hydrogen) atoms. The predicted molar refractivity (Wildman–Crippen MR) is 83.9 cm³/mol. The Labute approximate surface area is 134 Å². The van der Waals surface area contributed by atoms with E-state index in [0.29, 0.717) is 25.9 Å². The van der Waals surface area contributed by atoms with Gasteiger partial charge in [-0.05, 0) is 33.6 Å². The highest BCUT2D eigenvalue weighted by Crippen LogP contribution is 2.14. The number of alkyl carbamates (subject to hydrolysis) is 1. The van der Waals surface area contributed by atoms with Crippen molar-refractivity contribution in [2.45, 2.75) is 45.3 Å². The fraction of sp³-hybridized carbons (Fsp3) is 0.786. The lowest BCUT2D eigenvalue weighted by molar-refractivity contribution is -0.133. The molecule has 2 N–H and O–H groups in total. The Morgan fingerprint density at radius 3 is 2.32 bits per heavy atom. The van der Waals surface area contributed by atoms with E-state index in [1.807, 2.05) is 20.8 Å². The molecule has 0 spiro atoms. The van der Waals surface area contributed by atoms with Crippen molar-refractivity contribution in [2.24, 2.45) is 0 Å². The third-order valence-electron chi connectivity index (χ3n) is 3.02. The number of carboxylic acids is 1. The monoisotopic (exact) mass is 332 g/mol. The number of rotatable bonds is 5. The maximum atomic E-state index is 11.9. The molecule has 1 rings (SSSR count). The summed E-state index contributed by atoms with van der Waals surface area (Å²) >= 11 is 1.10. The van der Waals surface area contributed by atoms with Gasteiger partial charge in [-0.15, -0.1) is 11.8 Å². The number of nitrogens with zero attached hydrogens (tertiary/aromatic N) is 1. The lowest BCUT2D eigenvalue weighted by Gasteiger charge is -2.32. The van der Waals surface area contributed by atoms with E-state index in [9.17, 15) is 14.4 Å². The van der Waals surface area contributed by atoms with Crippen LogP contribution in [0.25, 0.3) is 0 Å². The molecule has 0 aromatic rings. The Kier molecular flexibility index (Phi) is 6.99. The molecular weight excluding hydrogens is 308 g/mol. The largest absolute Gasteiger partial charge is 0.481 e. The maximum absolute atomic E-state index is 11.9. The molecule has 0 saturated carbocycles. The van der Waals surface area contributed by atoms with E-state index in [-0.39, 0.29) is 23.5 Å². The molecule has 0 radical (unpaired) electrons. The van der Waals surface area contributed by atoms with E-state index in [2.05, 4.69) is 5.32 Å². The zero-order chi connectivity index (χ0) is 16.8. The van der Waals surface area contributed by atoms with Gasteiger partial charge in [0.2, 0.25) is 5.91 Å². The number of thioether (sulfide) groups is 1. The van der Waals surface area contributed by atoms with E-state index >= 15 is 0 Å². The van der Waals surface area contributed by atoms with Crippen LogP contribution in [0.2, 0.25) is 0 Å². The van der Waals surface area contributed by atoms with Gasteiger partial charge in [0.05, 0.1) is 11.5 Å². The van der Waals surface area contributed by atoms with Crippen LogP contribution >= 0.6 is 11.8 Å². The zero-order valence-electron chi connectivity index (χ0n) is 13.3. The molecule has 0 atom stereocenters. The molecule has 0 aliphatic carbocycles. The molecule has 0 unspecified atom stereocenters. The lowest BCUT2D eigenvalue weighted by atomic mass is 10.1. The number of aliphatic carboxylic acids is 1. The number of hydrogen-bond acceptors (Lipinski definition) is 5. The summed E-state index contributed by atoms with van der Waals surface area (Å²) in [6, 6.07) is 0.00516. The van der Waals surface area contributed by atoms with Crippen molar-refractivity contribution >= 4 is 29.7 Å². The second-order valence-electron chi connectivity index (χ2n) is 6.19. The molecule has 8 heteroatoms. The highest BCUT2D eigenvalue weighted by Gasteiger charge is 2.25. The topological polar surface area (TPSA) is 95.9 Å². The number of piperidine rings is 1. The molecule has 1 aliphatic heterocycles. The molecule has 0 aromatic heterocycles. The van der Waals surface area contributed by atoms with Gasteiger partial charge in [0.15, 0.2) is 0 Å². The van der Waals surface area contributed by atoms with Gasteiger partial charge in [-0.25, -0.2) is 4.79 Å². The van der Waals surface area contributed by atoms with Gasteiger partial charge < -0.3 is 20.1 Å². The molecule has 1 heterocycles. The maximum Gasteiger partial charge on any atom is 0.407 e. The Morgan fingerprint density at radius 1 is 1.23 bits per heavy atom. The molecule has 0 bridgehead atoms. The van der Waals surface area contributed by atoms with Crippen LogP contribution in [-0.4, -0.2) is 64.2 Å². The quantitative estimate of drug-likeness (QED) is 0.788. The van der Waals surface area contributed by atoms with Crippen molar-refractivity contribution in [2.75, 3.05) is 24.6 Å². The minimum Gasteiger partial charge on any atom is -0.481 e. The molecule has 126 valence electrons. The van der Waals surface area contributed by atoms with E-state index in [1.54, 1.807) is 4.90 Å². The minimum absolute atomic E-state index is 0.00516. The van der Waals surface area contributed by atoms with Crippen molar-refractivity contribution in [1.29, 1.82) is 0 Å². The van der Waals surface area contributed by atoms with E-state index in [4.69, 9.17) is 9.84 Å². The first-order chi connectivity index (χ1) is 10.2. The van der Waals surface area contributed by atoms with Crippen LogP contribution in [0.15, 0.2) is 0 Å². The first kappa shape index (κ1) is 18.6. The third-order valence-corrected chi connectivity index (χ3v) is 3.92. The Balaban J connectivity index is 2.26. The standard InChI is InChI=1S/C14H24N2O5S/c1-14(2,3)21-13(20)15-10-4-6-16(7-5-10)11(17)8-22-9-12(18)19/h10H,4-9H2,1-3H3,(H,15,20)(H,18,19). The van der Waals surface area contributed by atoms with Crippen molar-refractivity contribution in [3.8, 4) is 0 Å². The Bertz CT molecular complexity index is 414. The molecule has 0 aromatic carbocycles. The SMILES string of the molecule is CC(C)(C)OC(=O)NC1CCN(C(=O)CSCC(=O)O)CC1.